The van der Waals surface area contributed by atoms with Crippen LogP contribution in [-0.4, -0.2) is 4.98 Å². The standard InChI is InChI=1S/C39H27N3/c1-7-17-34-26(11-1)23-27-12-2-8-18-35(27)41(34)38-30-15-5-6-16-31(30)39(33-25-40-22-21-32(33)38)42-36-19-9-3-13-28(36)24-29-14-4-10-20-37(29)42/h1-22,25H,23-24H2. The number of fused-ring (bicyclic) bond motifs is 6. The number of anilines is 6. The van der Waals surface area contributed by atoms with Gasteiger partial charge < -0.3 is 9.80 Å². The van der Waals surface area contributed by atoms with Gasteiger partial charge in [0.15, 0.2) is 0 Å². The van der Waals surface area contributed by atoms with Crippen molar-refractivity contribution in [3.63, 3.8) is 0 Å². The van der Waals surface area contributed by atoms with Crippen molar-refractivity contribution in [2.75, 3.05) is 9.80 Å². The predicted octanol–water partition coefficient (Wildman–Crippen LogP) is 10.1. The summed E-state index contributed by atoms with van der Waals surface area (Å²) in [6.07, 6.45) is 5.85. The highest BCUT2D eigenvalue weighted by atomic mass is 15.2. The van der Waals surface area contributed by atoms with E-state index in [-0.39, 0.29) is 0 Å². The summed E-state index contributed by atoms with van der Waals surface area (Å²) in [5, 5.41) is 4.75. The van der Waals surface area contributed by atoms with Crippen LogP contribution in [0.1, 0.15) is 22.3 Å². The lowest BCUT2D eigenvalue weighted by Gasteiger charge is -2.38. The van der Waals surface area contributed by atoms with Crippen molar-refractivity contribution < 1.29 is 0 Å². The van der Waals surface area contributed by atoms with Gasteiger partial charge in [0.05, 0.1) is 11.4 Å². The first-order valence-electron chi connectivity index (χ1n) is 14.6. The molecule has 0 amide bonds. The Kier molecular flexibility index (Phi) is 5.02. The van der Waals surface area contributed by atoms with Gasteiger partial charge in [-0.2, -0.15) is 0 Å². The number of aromatic nitrogens is 1. The number of pyridine rings is 1. The molecule has 7 aromatic rings. The van der Waals surface area contributed by atoms with E-state index in [9.17, 15) is 0 Å². The van der Waals surface area contributed by atoms with Gasteiger partial charge in [-0.1, -0.05) is 97.1 Å². The van der Waals surface area contributed by atoms with Gasteiger partial charge in [0, 0.05) is 69.5 Å². The molecule has 198 valence electrons. The maximum Gasteiger partial charge on any atom is 0.0635 e. The maximum absolute atomic E-state index is 4.72. The van der Waals surface area contributed by atoms with Crippen molar-refractivity contribution in [2.45, 2.75) is 12.8 Å². The van der Waals surface area contributed by atoms with Gasteiger partial charge in [-0.05, 0) is 52.6 Å². The van der Waals surface area contributed by atoms with Gasteiger partial charge >= 0.3 is 0 Å². The minimum Gasteiger partial charge on any atom is -0.309 e. The van der Waals surface area contributed by atoms with E-state index in [1.54, 1.807) is 0 Å². The summed E-state index contributed by atoms with van der Waals surface area (Å²) in [7, 11) is 0. The van der Waals surface area contributed by atoms with Crippen molar-refractivity contribution >= 4 is 55.7 Å². The minimum atomic E-state index is 0.927. The molecular formula is C39H27N3. The van der Waals surface area contributed by atoms with E-state index < -0.39 is 0 Å². The summed E-state index contributed by atoms with van der Waals surface area (Å²) < 4.78 is 0. The monoisotopic (exact) mass is 537 g/mol. The highest BCUT2D eigenvalue weighted by Crippen LogP contribution is 2.54. The average molecular weight is 538 g/mol. The number of hydrogen-bond donors (Lipinski definition) is 0. The number of para-hydroxylation sites is 4. The normalized spacial score (nSPS) is 13.4. The molecule has 2 aliphatic heterocycles. The van der Waals surface area contributed by atoms with Crippen molar-refractivity contribution in [2.24, 2.45) is 0 Å². The third-order valence-electron chi connectivity index (χ3n) is 8.91. The zero-order valence-corrected chi connectivity index (χ0v) is 23.0. The van der Waals surface area contributed by atoms with Crippen LogP contribution in [0.25, 0.3) is 21.5 Å². The van der Waals surface area contributed by atoms with E-state index in [4.69, 9.17) is 4.98 Å². The first-order chi connectivity index (χ1) is 20.9. The molecule has 0 fully saturated rings. The Morgan fingerprint density at radius 2 is 0.738 bits per heavy atom. The molecule has 2 aliphatic rings. The van der Waals surface area contributed by atoms with Crippen LogP contribution in [0.5, 0.6) is 0 Å². The summed E-state index contributed by atoms with van der Waals surface area (Å²) in [6.45, 7) is 0. The van der Waals surface area contributed by atoms with E-state index in [1.165, 1.54) is 72.5 Å². The molecule has 0 atom stereocenters. The van der Waals surface area contributed by atoms with Crippen molar-refractivity contribution in [3.05, 3.63) is 162 Å². The Balaban J connectivity index is 1.43. The molecular weight excluding hydrogens is 510 g/mol. The van der Waals surface area contributed by atoms with E-state index in [1.807, 2.05) is 6.20 Å². The lowest BCUT2D eigenvalue weighted by molar-refractivity contribution is 1.09. The number of nitrogens with zero attached hydrogens (tertiary/aromatic N) is 3. The molecule has 0 bridgehead atoms. The maximum atomic E-state index is 4.72. The lowest BCUT2D eigenvalue weighted by atomic mass is 9.90. The Labute approximate surface area is 244 Å². The van der Waals surface area contributed by atoms with E-state index in [0.717, 1.165) is 18.2 Å². The number of rotatable bonds is 2. The SMILES string of the molecule is c1ccc2c(c1)Cc1ccccc1N2c1c2ccccc2c(N2c3ccccc3Cc3ccccc32)c2cnccc12. The van der Waals surface area contributed by atoms with Crippen molar-refractivity contribution in [1.82, 2.24) is 4.98 Å². The summed E-state index contributed by atoms with van der Waals surface area (Å²) >= 11 is 0. The molecule has 3 heteroatoms. The molecule has 6 aromatic carbocycles. The smallest absolute Gasteiger partial charge is 0.0635 e. The molecule has 0 saturated heterocycles. The third kappa shape index (κ3) is 3.31. The van der Waals surface area contributed by atoms with E-state index in [2.05, 4.69) is 143 Å². The zero-order chi connectivity index (χ0) is 27.6. The fourth-order valence-electron chi connectivity index (χ4n) is 7.12. The summed E-state index contributed by atoms with van der Waals surface area (Å²) in [6, 6.07) is 46.4. The predicted molar refractivity (Wildman–Crippen MR) is 174 cm³/mol. The highest BCUT2D eigenvalue weighted by molar-refractivity contribution is 6.23. The van der Waals surface area contributed by atoms with Crippen LogP contribution in [0, 0.1) is 0 Å². The second kappa shape index (κ2) is 9.05. The third-order valence-corrected chi connectivity index (χ3v) is 8.91. The van der Waals surface area contributed by atoms with Crippen LogP contribution in [0.15, 0.2) is 140 Å². The Morgan fingerprint density at radius 1 is 0.381 bits per heavy atom. The molecule has 0 unspecified atom stereocenters. The molecule has 0 spiro atoms. The molecule has 0 N–H and O–H groups in total. The summed E-state index contributed by atoms with van der Waals surface area (Å²) in [5.74, 6) is 0. The minimum absolute atomic E-state index is 0.927. The van der Waals surface area contributed by atoms with Gasteiger partial charge in [-0.15, -0.1) is 0 Å². The van der Waals surface area contributed by atoms with Gasteiger partial charge in [0.1, 0.15) is 0 Å². The lowest BCUT2D eigenvalue weighted by Crippen LogP contribution is -2.21. The van der Waals surface area contributed by atoms with Crippen molar-refractivity contribution in [3.8, 4) is 0 Å². The molecule has 3 nitrogen and oxygen atoms in total. The number of benzene rings is 6. The Hall–Kier alpha value is -5.41. The van der Waals surface area contributed by atoms with E-state index >= 15 is 0 Å². The topological polar surface area (TPSA) is 19.4 Å². The average Bonchev–Trinajstić information content (AvgIpc) is 3.05. The van der Waals surface area contributed by atoms with Crippen LogP contribution < -0.4 is 9.80 Å². The molecule has 0 aliphatic carbocycles. The Bertz CT molecular complexity index is 1880. The molecule has 3 heterocycles. The van der Waals surface area contributed by atoms with Crippen LogP contribution in [0.3, 0.4) is 0 Å². The number of hydrogen-bond acceptors (Lipinski definition) is 3. The molecule has 0 saturated carbocycles. The first-order valence-corrected chi connectivity index (χ1v) is 14.6. The van der Waals surface area contributed by atoms with Gasteiger partial charge in [-0.3, -0.25) is 4.98 Å². The van der Waals surface area contributed by atoms with Crippen molar-refractivity contribution in [1.29, 1.82) is 0 Å². The highest BCUT2D eigenvalue weighted by Gasteiger charge is 2.31. The van der Waals surface area contributed by atoms with Crippen LogP contribution >= 0.6 is 0 Å². The summed E-state index contributed by atoms with van der Waals surface area (Å²) in [5.41, 5.74) is 12.7. The second-order valence-corrected chi connectivity index (χ2v) is 11.2. The van der Waals surface area contributed by atoms with Gasteiger partial charge in [0.25, 0.3) is 0 Å². The second-order valence-electron chi connectivity index (χ2n) is 11.2. The van der Waals surface area contributed by atoms with Gasteiger partial charge in [0.2, 0.25) is 0 Å². The fraction of sp³-hybridized carbons (Fsp3) is 0.0513. The molecule has 0 radical (unpaired) electrons. The molecule has 1 aromatic heterocycles. The van der Waals surface area contributed by atoms with Crippen LogP contribution in [-0.2, 0) is 12.8 Å². The largest absolute Gasteiger partial charge is 0.309 e. The zero-order valence-electron chi connectivity index (χ0n) is 23.0. The fourth-order valence-corrected chi connectivity index (χ4v) is 7.12. The molecule has 42 heavy (non-hydrogen) atoms. The first kappa shape index (κ1) is 23.3. The van der Waals surface area contributed by atoms with Crippen LogP contribution in [0.2, 0.25) is 0 Å². The quantitative estimate of drug-likeness (QED) is 0.205. The van der Waals surface area contributed by atoms with E-state index in [0.29, 0.717) is 0 Å². The summed E-state index contributed by atoms with van der Waals surface area (Å²) in [4.78, 5) is 9.68. The molecule has 9 rings (SSSR count). The Morgan fingerprint density at radius 3 is 1.19 bits per heavy atom. The van der Waals surface area contributed by atoms with Crippen LogP contribution in [0.4, 0.5) is 34.1 Å². The van der Waals surface area contributed by atoms with Gasteiger partial charge in [-0.25, -0.2) is 0 Å².